The molecule has 1 saturated heterocycles. The Bertz CT molecular complexity index is 965. The minimum absolute atomic E-state index is 0.0853. The van der Waals surface area contributed by atoms with Crippen molar-refractivity contribution in [3.05, 3.63) is 77.6 Å². The van der Waals surface area contributed by atoms with Crippen molar-refractivity contribution >= 4 is 23.2 Å². The Balaban J connectivity index is 1.13. The summed E-state index contributed by atoms with van der Waals surface area (Å²) in [4.78, 5) is 17.1. The van der Waals surface area contributed by atoms with Crippen molar-refractivity contribution in [2.75, 3.05) is 37.6 Å². The van der Waals surface area contributed by atoms with Crippen molar-refractivity contribution in [3.63, 3.8) is 0 Å². The van der Waals surface area contributed by atoms with E-state index in [1.807, 2.05) is 30.5 Å². The molecule has 7 heteroatoms. The maximum Gasteiger partial charge on any atom is 0.220 e. The Kier molecular flexibility index (Phi) is 7.22. The van der Waals surface area contributed by atoms with Crippen LogP contribution in [0.15, 0.2) is 67.0 Å². The van der Waals surface area contributed by atoms with Crippen LogP contribution in [0.4, 0.5) is 5.69 Å². The fourth-order valence-electron chi connectivity index (χ4n) is 3.81. The number of hydrogen-bond donors (Lipinski definition) is 1. The zero-order valence-electron chi connectivity index (χ0n) is 17.6. The van der Waals surface area contributed by atoms with Crippen LogP contribution in [0.3, 0.4) is 0 Å². The molecule has 1 N–H and O–H groups in total. The van der Waals surface area contributed by atoms with Gasteiger partial charge in [0.2, 0.25) is 5.91 Å². The minimum atomic E-state index is 0.0853. The highest BCUT2D eigenvalue weighted by Crippen LogP contribution is 2.16. The molecule has 1 fully saturated rings. The van der Waals surface area contributed by atoms with Crippen LogP contribution in [0, 0.1) is 0 Å². The lowest BCUT2D eigenvalue weighted by Gasteiger charge is -2.36. The third-order valence-corrected chi connectivity index (χ3v) is 5.84. The molecule has 0 atom stereocenters. The molecular weight excluding hydrogens is 410 g/mol. The number of nitrogens with one attached hydrogen (secondary N) is 1. The van der Waals surface area contributed by atoms with Gasteiger partial charge < -0.3 is 10.2 Å². The number of aromatic nitrogens is 2. The van der Waals surface area contributed by atoms with Crippen molar-refractivity contribution in [1.29, 1.82) is 0 Å². The first-order chi connectivity index (χ1) is 15.2. The van der Waals surface area contributed by atoms with Crippen LogP contribution < -0.4 is 10.2 Å². The van der Waals surface area contributed by atoms with E-state index in [4.69, 9.17) is 11.6 Å². The number of carbonyl (C=O) groups is 1. The largest absolute Gasteiger partial charge is 0.369 e. The summed E-state index contributed by atoms with van der Waals surface area (Å²) in [6, 6.07) is 18.1. The number of carbonyl (C=O) groups excluding carboxylic acids is 1. The van der Waals surface area contributed by atoms with Gasteiger partial charge in [-0.3, -0.25) is 9.69 Å². The molecule has 162 valence electrons. The predicted molar refractivity (Wildman–Crippen MR) is 125 cm³/mol. The van der Waals surface area contributed by atoms with Crippen LogP contribution in [-0.4, -0.2) is 53.3 Å². The number of para-hydroxylation sites is 1. The molecule has 0 bridgehead atoms. The molecule has 1 aliphatic heterocycles. The summed E-state index contributed by atoms with van der Waals surface area (Å²) in [5.41, 5.74) is 3.20. The first-order valence-electron chi connectivity index (χ1n) is 10.8. The second-order valence-corrected chi connectivity index (χ2v) is 8.25. The highest BCUT2D eigenvalue weighted by atomic mass is 35.5. The second-order valence-electron chi connectivity index (χ2n) is 7.81. The maximum atomic E-state index is 12.2. The van der Waals surface area contributed by atoms with Gasteiger partial charge in [-0.1, -0.05) is 29.8 Å². The van der Waals surface area contributed by atoms with Gasteiger partial charge in [0.15, 0.2) is 0 Å². The lowest BCUT2D eigenvalue weighted by atomic mass is 10.2. The summed E-state index contributed by atoms with van der Waals surface area (Å²) >= 11 is 5.93. The summed E-state index contributed by atoms with van der Waals surface area (Å²) < 4.78 is 1.78. The van der Waals surface area contributed by atoms with Gasteiger partial charge in [0, 0.05) is 61.6 Å². The molecule has 4 rings (SSSR count). The minimum Gasteiger partial charge on any atom is -0.369 e. The van der Waals surface area contributed by atoms with Crippen molar-refractivity contribution in [2.45, 2.75) is 19.4 Å². The first kappa shape index (κ1) is 21.4. The smallest absolute Gasteiger partial charge is 0.220 e. The third kappa shape index (κ3) is 6.09. The van der Waals surface area contributed by atoms with Crippen molar-refractivity contribution in [3.8, 4) is 5.69 Å². The van der Waals surface area contributed by atoms with E-state index in [2.05, 4.69) is 50.5 Å². The molecule has 0 aliphatic carbocycles. The standard InChI is InChI=1S/C24H28ClN5O/c25-21-8-10-23(11-9-21)30-19-20(18-27-30)17-26-24(31)7-4-12-28-13-15-29(16-14-28)22-5-2-1-3-6-22/h1-3,5-6,8-11,18-19H,4,7,12-17H2,(H,26,31). The Labute approximate surface area is 188 Å². The SMILES string of the molecule is O=C(CCCN1CCN(c2ccccc2)CC1)NCc1cnn(-c2ccc(Cl)cc2)c1. The molecule has 0 spiro atoms. The number of benzene rings is 2. The van der Waals surface area contributed by atoms with E-state index in [0.717, 1.165) is 50.4 Å². The van der Waals surface area contributed by atoms with Crippen LogP contribution >= 0.6 is 11.6 Å². The van der Waals surface area contributed by atoms with E-state index < -0.39 is 0 Å². The average Bonchev–Trinajstić information content (AvgIpc) is 3.28. The number of halogens is 1. The molecular formula is C24H28ClN5O. The van der Waals surface area contributed by atoms with E-state index in [-0.39, 0.29) is 5.91 Å². The normalized spacial score (nSPS) is 14.5. The van der Waals surface area contributed by atoms with E-state index in [1.165, 1.54) is 5.69 Å². The Hall–Kier alpha value is -2.83. The Morgan fingerprint density at radius 3 is 2.45 bits per heavy atom. The number of piperazine rings is 1. The zero-order chi connectivity index (χ0) is 21.5. The fourth-order valence-corrected chi connectivity index (χ4v) is 3.93. The van der Waals surface area contributed by atoms with Gasteiger partial charge in [0.1, 0.15) is 0 Å². The number of anilines is 1. The monoisotopic (exact) mass is 437 g/mol. The van der Waals surface area contributed by atoms with Gasteiger partial charge in [-0.2, -0.15) is 5.10 Å². The molecule has 1 amide bonds. The Morgan fingerprint density at radius 1 is 0.968 bits per heavy atom. The molecule has 0 unspecified atom stereocenters. The summed E-state index contributed by atoms with van der Waals surface area (Å²) in [5, 5.41) is 8.05. The summed E-state index contributed by atoms with van der Waals surface area (Å²) in [7, 11) is 0. The Morgan fingerprint density at radius 2 is 1.71 bits per heavy atom. The van der Waals surface area contributed by atoms with Gasteiger partial charge in [0.25, 0.3) is 0 Å². The summed E-state index contributed by atoms with van der Waals surface area (Å²) in [5.74, 6) is 0.0853. The van der Waals surface area contributed by atoms with E-state index in [0.29, 0.717) is 18.0 Å². The molecule has 31 heavy (non-hydrogen) atoms. The van der Waals surface area contributed by atoms with Crippen molar-refractivity contribution in [2.24, 2.45) is 0 Å². The van der Waals surface area contributed by atoms with Crippen LogP contribution in [0.25, 0.3) is 5.69 Å². The predicted octanol–water partition coefficient (Wildman–Crippen LogP) is 3.74. The molecule has 1 aliphatic rings. The maximum absolute atomic E-state index is 12.2. The molecule has 0 radical (unpaired) electrons. The van der Waals surface area contributed by atoms with Gasteiger partial charge in [-0.05, 0) is 49.4 Å². The quantitative estimate of drug-likeness (QED) is 0.583. The number of nitrogens with zero attached hydrogens (tertiary/aromatic N) is 4. The van der Waals surface area contributed by atoms with Crippen LogP contribution in [0.5, 0.6) is 0 Å². The molecule has 2 heterocycles. The lowest BCUT2D eigenvalue weighted by Crippen LogP contribution is -2.46. The van der Waals surface area contributed by atoms with Gasteiger partial charge >= 0.3 is 0 Å². The number of amides is 1. The van der Waals surface area contributed by atoms with Crippen molar-refractivity contribution < 1.29 is 4.79 Å². The first-order valence-corrected chi connectivity index (χ1v) is 11.1. The lowest BCUT2D eigenvalue weighted by molar-refractivity contribution is -0.121. The number of hydrogen-bond acceptors (Lipinski definition) is 4. The van der Waals surface area contributed by atoms with Gasteiger partial charge in [-0.25, -0.2) is 4.68 Å². The van der Waals surface area contributed by atoms with E-state index in [9.17, 15) is 4.79 Å². The molecule has 3 aromatic rings. The number of rotatable bonds is 8. The van der Waals surface area contributed by atoms with Crippen molar-refractivity contribution in [1.82, 2.24) is 20.0 Å². The van der Waals surface area contributed by atoms with Gasteiger partial charge in [0.05, 0.1) is 11.9 Å². The van der Waals surface area contributed by atoms with Crippen LogP contribution in [0.2, 0.25) is 5.02 Å². The zero-order valence-corrected chi connectivity index (χ0v) is 18.3. The molecule has 6 nitrogen and oxygen atoms in total. The van der Waals surface area contributed by atoms with Gasteiger partial charge in [-0.15, -0.1) is 0 Å². The molecule has 1 aromatic heterocycles. The summed E-state index contributed by atoms with van der Waals surface area (Å²) in [6.07, 6.45) is 5.13. The molecule has 2 aromatic carbocycles. The second kappa shape index (κ2) is 10.5. The van der Waals surface area contributed by atoms with E-state index in [1.54, 1.807) is 10.9 Å². The average molecular weight is 438 g/mol. The highest BCUT2D eigenvalue weighted by Gasteiger charge is 2.17. The highest BCUT2D eigenvalue weighted by molar-refractivity contribution is 6.30. The molecule has 0 saturated carbocycles. The topological polar surface area (TPSA) is 53.4 Å². The summed E-state index contributed by atoms with van der Waals surface area (Å²) in [6.45, 7) is 5.61. The van der Waals surface area contributed by atoms with E-state index >= 15 is 0 Å². The van der Waals surface area contributed by atoms with Crippen LogP contribution in [0.1, 0.15) is 18.4 Å². The van der Waals surface area contributed by atoms with Crippen LogP contribution in [-0.2, 0) is 11.3 Å². The third-order valence-electron chi connectivity index (χ3n) is 5.59. The fraction of sp³-hybridized carbons (Fsp3) is 0.333.